The molecule has 0 aliphatic rings. The van der Waals surface area contributed by atoms with Crippen molar-refractivity contribution in [1.29, 1.82) is 0 Å². The number of pyridine rings is 2. The van der Waals surface area contributed by atoms with E-state index in [9.17, 15) is 0 Å². The van der Waals surface area contributed by atoms with Crippen LogP contribution in [0, 0.1) is 13.8 Å². The van der Waals surface area contributed by atoms with Crippen LogP contribution in [0.1, 0.15) is 11.1 Å². The van der Waals surface area contributed by atoms with Crippen LogP contribution in [0.2, 0.25) is 0 Å². The van der Waals surface area contributed by atoms with E-state index in [0.29, 0.717) is 0 Å². The molecule has 2 nitrogen and oxygen atoms in total. The quantitative estimate of drug-likeness (QED) is 0.172. The van der Waals surface area contributed by atoms with E-state index in [4.69, 9.17) is 0 Å². The molecule has 2 aromatic heterocycles. The van der Waals surface area contributed by atoms with Crippen LogP contribution in [0.4, 0.5) is 0 Å². The maximum atomic E-state index is 4.60. The zero-order chi connectivity index (χ0) is 35.0. The van der Waals surface area contributed by atoms with Gasteiger partial charge in [-0.25, -0.2) is 0 Å². The molecule has 10 rings (SSSR count). The number of nitrogens with zero attached hydrogens (tertiary/aromatic N) is 2. The van der Waals surface area contributed by atoms with Crippen molar-refractivity contribution in [2.75, 3.05) is 0 Å². The maximum absolute atomic E-state index is 4.60. The molecule has 55 heavy (non-hydrogen) atoms. The van der Waals surface area contributed by atoms with Gasteiger partial charge in [-0.3, -0.25) is 9.97 Å². The van der Waals surface area contributed by atoms with Gasteiger partial charge >= 0.3 is 26.2 Å². The number of aromatic nitrogens is 2. The molecule has 0 saturated carbocycles. The summed E-state index contributed by atoms with van der Waals surface area (Å²) in [5.74, 6) is 0. The average Bonchev–Trinajstić information content (AvgIpc) is 3.84. The van der Waals surface area contributed by atoms with Crippen molar-refractivity contribution < 1.29 is 51.0 Å². The summed E-state index contributed by atoms with van der Waals surface area (Å²) < 4.78 is 0. The summed E-state index contributed by atoms with van der Waals surface area (Å²) >= 11 is 0. The molecule has 2 heterocycles. The zero-order valence-corrected chi connectivity index (χ0v) is 34.4. The molecule has 0 fully saturated rings. The summed E-state index contributed by atoms with van der Waals surface area (Å²) in [5, 5.41) is 10.2. The van der Waals surface area contributed by atoms with Gasteiger partial charge in [0.1, 0.15) is 0 Å². The van der Waals surface area contributed by atoms with Gasteiger partial charge in [0.05, 0.1) is 0 Å². The molecule has 264 valence electrons. The Balaban J connectivity index is 0.000000177. The van der Waals surface area contributed by atoms with Crippen LogP contribution >= 0.6 is 0 Å². The molecule has 0 unspecified atom stereocenters. The molecular weight excluding hydrogens is 791 g/mol. The second-order valence-electron chi connectivity index (χ2n) is 13.6. The van der Waals surface area contributed by atoms with Crippen molar-refractivity contribution in [3.05, 3.63) is 193 Å². The second-order valence-corrected chi connectivity index (χ2v) is 13.6. The van der Waals surface area contributed by atoms with Gasteiger partial charge in [0.2, 0.25) is 0 Å². The number of aryl methyl sites for hydroxylation is 2. The minimum absolute atomic E-state index is 0. The average molecular weight is 827 g/mol. The van der Waals surface area contributed by atoms with Gasteiger partial charge in [0.15, 0.2) is 0 Å². The van der Waals surface area contributed by atoms with Gasteiger partial charge in [0.25, 0.3) is 0 Å². The van der Waals surface area contributed by atoms with Gasteiger partial charge in [0, 0.05) is 23.8 Å². The maximum Gasteiger partial charge on any atom is 4.00 e. The van der Waals surface area contributed by atoms with Crippen molar-refractivity contribution in [3.8, 4) is 44.8 Å². The van der Waals surface area contributed by atoms with Crippen molar-refractivity contribution in [3.63, 3.8) is 0 Å². The molecule has 8 aromatic carbocycles. The molecule has 0 amide bonds. The normalized spacial score (nSPS) is 10.7. The topological polar surface area (TPSA) is 25.8 Å². The van der Waals surface area contributed by atoms with Crippen molar-refractivity contribution in [1.82, 2.24) is 9.97 Å². The van der Waals surface area contributed by atoms with E-state index < -0.39 is 0 Å². The van der Waals surface area contributed by atoms with Crippen molar-refractivity contribution in [2.24, 2.45) is 0 Å². The van der Waals surface area contributed by atoms with E-state index in [2.05, 4.69) is 194 Å². The number of rotatable bonds is 4. The fourth-order valence-electron chi connectivity index (χ4n) is 7.43. The third-order valence-corrected chi connectivity index (χ3v) is 10.1. The zero-order valence-electron chi connectivity index (χ0n) is 30.5. The van der Waals surface area contributed by atoms with Crippen molar-refractivity contribution >= 4 is 43.1 Å². The van der Waals surface area contributed by atoms with Gasteiger partial charge in [-0.2, -0.15) is 0 Å². The van der Waals surface area contributed by atoms with Crippen LogP contribution in [0.3, 0.4) is 0 Å². The van der Waals surface area contributed by atoms with Crippen molar-refractivity contribution in [2.45, 2.75) is 13.8 Å². The molecule has 0 bridgehead atoms. The summed E-state index contributed by atoms with van der Waals surface area (Å²) in [6.07, 6.45) is 3.86. The Kier molecular flexibility index (Phi) is 12.3. The van der Waals surface area contributed by atoms with E-state index in [1.54, 1.807) is 0 Å². The molecule has 0 N–H and O–H groups in total. The summed E-state index contributed by atoms with van der Waals surface area (Å²) in [7, 11) is 0. The predicted octanol–water partition coefficient (Wildman–Crippen LogP) is 7.50. The summed E-state index contributed by atoms with van der Waals surface area (Å²) in [5.41, 5.74) is 11.9. The number of hydrogen-bond acceptors (Lipinski definition) is 2. The molecule has 0 aliphatic heterocycles. The number of halogens is 2. The monoisotopic (exact) mass is 824 g/mol. The molecule has 0 atom stereocenters. The predicted molar refractivity (Wildman–Crippen MR) is 221 cm³/mol. The first-order valence-corrected chi connectivity index (χ1v) is 17.8. The Bertz CT molecular complexity index is 2660. The fourth-order valence-corrected chi connectivity index (χ4v) is 7.43. The molecule has 10 aromatic rings. The molecule has 0 spiro atoms. The molecular formula is C50H36Cl2N2Zr. The standard InChI is InChI=1S/2C25H18N.2ClH.Zr/c2*1-17-12-13-25(26-16-17)20-14-19-8-5-11-23(24(19)15-20)22-10-4-7-18-6-2-3-9-21(18)22;;;/h2*2-16H,1H3;2*1H;/q2*-1;;;+4/p-2. The van der Waals surface area contributed by atoms with Gasteiger partial charge in [-0.05, 0) is 57.6 Å². The van der Waals surface area contributed by atoms with Crippen LogP contribution in [0.15, 0.2) is 182 Å². The third-order valence-electron chi connectivity index (χ3n) is 10.1. The summed E-state index contributed by atoms with van der Waals surface area (Å²) in [6.45, 7) is 4.13. The fraction of sp³-hybridized carbons (Fsp3) is 0.0400. The molecule has 0 radical (unpaired) electrons. The van der Waals surface area contributed by atoms with Gasteiger partial charge < -0.3 is 24.8 Å². The van der Waals surface area contributed by atoms with E-state index in [0.717, 1.165) is 11.4 Å². The minimum Gasteiger partial charge on any atom is -1.00 e. The Morgan fingerprint density at radius 2 is 0.745 bits per heavy atom. The van der Waals surface area contributed by atoms with Crippen LogP contribution in [0.25, 0.3) is 87.9 Å². The van der Waals surface area contributed by atoms with E-state index in [1.807, 2.05) is 12.4 Å². The Morgan fingerprint density at radius 3 is 1.15 bits per heavy atom. The van der Waals surface area contributed by atoms with E-state index >= 15 is 0 Å². The first-order valence-electron chi connectivity index (χ1n) is 17.8. The van der Waals surface area contributed by atoms with Crippen LogP contribution in [-0.4, -0.2) is 9.97 Å². The summed E-state index contributed by atoms with van der Waals surface area (Å²) in [6, 6.07) is 60.7. The van der Waals surface area contributed by atoms with Crippen LogP contribution in [-0.2, 0) is 26.2 Å². The minimum atomic E-state index is 0. The Labute approximate surface area is 353 Å². The first kappa shape index (κ1) is 39.5. The molecule has 0 saturated heterocycles. The third kappa shape index (κ3) is 7.84. The van der Waals surface area contributed by atoms with Gasteiger partial charge in [-0.1, -0.05) is 145 Å². The van der Waals surface area contributed by atoms with E-state index in [-0.39, 0.29) is 51.0 Å². The first-order chi connectivity index (χ1) is 25.6. The SMILES string of the molecule is Cc1ccc(-c2cc3c(-c4cccc5ccccc45)cccc3[cH-]2)nc1.Cc1ccc(-c2cc3c(-c4cccc5ccccc45)cccc3[cH-]2)nc1.[Cl-].[Cl-].[Zr+4]. The Morgan fingerprint density at radius 1 is 0.382 bits per heavy atom. The molecule has 5 heteroatoms. The summed E-state index contributed by atoms with van der Waals surface area (Å²) in [4.78, 5) is 9.19. The van der Waals surface area contributed by atoms with E-state index in [1.165, 1.54) is 87.6 Å². The molecule has 0 aliphatic carbocycles. The van der Waals surface area contributed by atoms with Crippen LogP contribution < -0.4 is 24.8 Å². The Hall–Kier alpha value is -5.18. The largest absolute Gasteiger partial charge is 4.00 e. The number of benzene rings is 6. The second kappa shape index (κ2) is 17.1. The van der Waals surface area contributed by atoms with Gasteiger partial charge in [-0.15, -0.1) is 69.1 Å². The smallest absolute Gasteiger partial charge is 1.00 e. The number of hydrogen-bond donors (Lipinski definition) is 0. The van der Waals surface area contributed by atoms with Crippen LogP contribution in [0.5, 0.6) is 0 Å². The number of fused-ring (bicyclic) bond motifs is 4.